The molecule has 0 fully saturated rings. The second kappa shape index (κ2) is 12.4. The van der Waals surface area contributed by atoms with E-state index in [9.17, 15) is 33.0 Å². The van der Waals surface area contributed by atoms with Gasteiger partial charge in [-0.25, -0.2) is 4.79 Å². The molecule has 2 atom stereocenters. The van der Waals surface area contributed by atoms with Crippen LogP contribution in [0.15, 0.2) is 84.9 Å². The van der Waals surface area contributed by atoms with E-state index in [2.05, 4.69) is 0 Å². The maximum Gasteiger partial charge on any atom is 0.432 e. The maximum atomic E-state index is 14.3. The van der Waals surface area contributed by atoms with Crippen LogP contribution >= 0.6 is 0 Å². The molecule has 0 radical (unpaired) electrons. The summed E-state index contributed by atoms with van der Waals surface area (Å²) < 4.78 is 53.1. The molecular formula is C29H27F3O6. The lowest BCUT2D eigenvalue weighted by Gasteiger charge is -2.33. The first-order chi connectivity index (χ1) is 18.0. The van der Waals surface area contributed by atoms with Crippen molar-refractivity contribution in [3.63, 3.8) is 0 Å². The third-order valence-corrected chi connectivity index (χ3v) is 5.92. The first kappa shape index (κ1) is 28.5. The van der Waals surface area contributed by atoms with Gasteiger partial charge < -0.3 is 19.7 Å². The Morgan fingerprint density at radius 3 is 2.03 bits per heavy atom. The third kappa shape index (κ3) is 7.01. The van der Waals surface area contributed by atoms with E-state index < -0.39 is 35.2 Å². The molecule has 3 rings (SSSR count). The van der Waals surface area contributed by atoms with E-state index in [-0.39, 0.29) is 30.8 Å². The Kier molecular flexibility index (Phi) is 9.30. The highest BCUT2D eigenvalue weighted by Gasteiger charge is 2.64. The van der Waals surface area contributed by atoms with Gasteiger partial charge in [0.05, 0.1) is 0 Å². The number of carbonyl (C=O) groups excluding carboxylic acids is 2. The lowest BCUT2D eigenvalue weighted by molar-refractivity contribution is -0.278. The normalized spacial score (nSPS) is 14.1. The molecule has 0 aliphatic carbocycles. The Hall–Kier alpha value is -4.11. The molecule has 3 aromatic carbocycles. The summed E-state index contributed by atoms with van der Waals surface area (Å²) in [6, 6.07) is 18.7. The molecule has 0 aliphatic rings. The average molecular weight is 529 g/mol. The van der Waals surface area contributed by atoms with Crippen LogP contribution in [0.25, 0.3) is 6.08 Å². The van der Waals surface area contributed by atoms with E-state index in [4.69, 9.17) is 9.47 Å². The molecule has 200 valence electrons. The van der Waals surface area contributed by atoms with Crippen LogP contribution in [0.1, 0.15) is 29.5 Å². The van der Waals surface area contributed by atoms with Crippen molar-refractivity contribution in [1.82, 2.24) is 0 Å². The molecule has 6 nitrogen and oxygen atoms in total. The second-order valence-electron chi connectivity index (χ2n) is 8.58. The van der Waals surface area contributed by atoms with Crippen LogP contribution in [0.5, 0.6) is 11.5 Å². The fraction of sp³-hybridized carbons (Fsp3) is 0.241. The van der Waals surface area contributed by atoms with Gasteiger partial charge in [-0.1, -0.05) is 60.7 Å². The molecule has 0 spiro atoms. The first-order valence-corrected chi connectivity index (χ1v) is 11.7. The van der Waals surface area contributed by atoms with Gasteiger partial charge in [0.1, 0.15) is 17.6 Å². The van der Waals surface area contributed by atoms with Crippen molar-refractivity contribution in [2.45, 2.75) is 37.1 Å². The maximum absolute atomic E-state index is 14.3. The molecule has 0 saturated heterocycles. The number of aromatic hydroxyl groups is 2. The molecule has 0 aliphatic heterocycles. The molecule has 9 heteroatoms. The molecule has 0 heterocycles. The third-order valence-electron chi connectivity index (χ3n) is 5.92. The summed E-state index contributed by atoms with van der Waals surface area (Å²) in [7, 11) is 0.777. The standard InChI is InChI=1S/C29H27F3O6/c1-37-28(29(30,31)32,22-5-3-2-4-6-22)27(36)38-26(18-12-21-9-15-24(34)16-10-21)19-25(35)17-11-20-7-13-23(33)14-8-20/h2-11,13-17,26,33-34H,12,18-19H2,1H3/b17-11+/t26-,28+/m0/s1. The highest BCUT2D eigenvalue weighted by Crippen LogP contribution is 2.43. The summed E-state index contributed by atoms with van der Waals surface area (Å²) in [5.41, 5.74) is -2.48. The van der Waals surface area contributed by atoms with Gasteiger partial charge in [0, 0.05) is 19.1 Å². The number of hydrogen-bond acceptors (Lipinski definition) is 6. The van der Waals surface area contributed by atoms with Crippen LogP contribution in [0.4, 0.5) is 13.2 Å². The molecule has 0 bridgehead atoms. The molecule has 38 heavy (non-hydrogen) atoms. The number of halogens is 3. The number of hydrogen-bond donors (Lipinski definition) is 2. The van der Waals surface area contributed by atoms with E-state index in [0.29, 0.717) is 5.56 Å². The zero-order valence-corrected chi connectivity index (χ0v) is 20.5. The molecule has 3 aromatic rings. The van der Waals surface area contributed by atoms with Crippen LogP contribution in [0.3, 0.4) is 0 Å². The smallest absolute Gasteiger partial charge is 0.432 e. The SMILES string of the molecule is CO[C@@](C(=O)O[C@@H](CCc1ccc(O)cc1)CC(=O)/C=C/c1ccc(O)cc1)(c1ccccc1)C(F)(F)F. The summed E-state index contributed by atoms with van der Waals surface area (Å²) in [4.78, 5) is 25.9. The molecule has 0 unspecified atom stereocenters. The van der Waals surface area contributed by atoms with E-state index in [1.807, 2.05) is 0 Å². The summed E-state index contributed by atoms with van der Waals surface area (Å²) in [6.07, 6.45) is -3.69. The lowest BCUT2D eigenvalue weighted by Crippen LogP contribution is -2.52. The Balaban J connectivity index is 1.85. The van der Waals surface area contributed by atoms with Gasteiger partial charge in [-0.3, -0.25) is 4.79 Å². The number of methoxy groups -OCH3 is 1. The van der Waals surface area contributed by atoms with Crippen molar-refractivity contribution in [1.29, 1.82) is 0 Å². The van der Waals surface area contributed by atoms with Crippen LogP contribution in [-0.2, 0) is 31.1 Å². The highest BCUT2D eigenvalue weighted by atomic mass is 19.4. The van der Waals surface area contributed by atoms with Crippen LogP contribution < -0.4 is 0 Å². The number of ketones is 1. The van der Waals surface area contributed by atoms with Gasteiger partial charge in [0.2, 0.25) is 0 Å². The minimum atomic E-state index is -5.15. The summed E-state index contributed by atoms with van der Waals surface area (Å²) in [5, 5.41) is 18.9. The van der Waals surface area contributed by atoms with Gasteiger partial charge >= 0.3 is 12.1 Å². The minimum absolute atomic E-state index is 0.0434. The van der Waals surface area contributed by atoms with Crippen molar-refractivity contribution in [3.8, 4) is 11.5 Å². The van der Waals surface area contributed by atoms with Crippen LogP contribution in [0.2, 0.25) is 0 Å². The number of benzene rings is 3. The largest absolute Gasteiger partial charge is 0.508 e. The van der Waals surface area contributed by atoms with Crippen LogP contribution in [-0.4, -0.2) is 41.4 Å². The van der Waals surface area contributed by atoms with Crippen molar-refractivity contribution >= 4 is 17.8 Å². The van der Waals surface area contributed by atoms with Gasteiger partial charge in [-0.05, 0) is 54.3 Å². The summed E-state index contributed by atoms with van der Waals surface area (Å²) in [5.74, 6) is -2.05. The molecule has 2 N–H and O–H groups in total. The highest BCUT2D eigenvalue weighted by molar-refractivity contribution is 5.94. The van der Waals surface area contributed by atoms with Crippen molar-refractivity contribution < 1.29 is 42.4 Å². The minimum Gasteiger partial charge on any atom is -0.508 e. The summed E-state index contributed by atoms with van der Waals surface area (Å²) in [6.45, 7) is 0. The van der Waals surface area contributed by atoms with Crippen LogP contribution in [0, 0.1) is 0 Å². The zero-order chi connectivity index (χ0) is 27.8. The quantitative estimate of drug-likeness (QED) is 0.244. The van der Waals surface area contributed by atoms with Gasteiger partial charge in [0.25, 0.3) is 5.60 Å². The average Bonchev–Trinajstić information content (AvgIpc) is 2.88. The fourth-order valence-corrected chi connectivity index (χ4v) is 3.88. The number of phenolic OH excluding ortho intramolecular Hbond substituents is 2. The Bertz CT molecular complexity index is 1240. The molecular weight excluding hydrogens is 501 g/mol. The molecule has 0 saturated carbocycles. The Labute approximate surface area is 218 Å². The van der Waals surface area contributed by atoms with E-state index >= 15 is 0 Å². The fourth-order valence-electron chi connectivity index (χ4n) is 3.88. The van der Waals surface area contributed by atoms with E-state index in [0.717, 1.165) is 24.8 Å². The van der Waals surface area contributed by atoms with Gasteiger partial charge in [0.15, 0.2) is 5.78 Å². The van der Waals surface area contributed by atoms with Crippen molar-refractivity contribution in [3.05, 3.63) is 102 Å². The zero-order valence-electron chi connectivity index (χ0n) is 20.5. The Morgan fingerprint density at radius 2 is 1.47 bits per heavy atom. The number of alkyl halides is 3. The lowest BCUT2D eigenvalue weighted by atomic mass is 9.92. The molecule has 0 amide bonds. The number of ether oxygens (including phenoxy) is 2. The van der Waals surface area contributed by atoms with E-state index in [1.54, 1.807) is 24.3 Å². The number of rotatable bonds is 11. The van der Waals surface area contributed by atoms with Gasteiger partial charge in [-0.15, -0.1) is 0 Å². The number of esters is 1. The van der Waals surface area contributed by atoms with E-state index in [1.165, 1.54) is 54.6 Å². The predicted octanol–water partition coefficient (Wildman–Crippen LogP) is 5.72. The Morgan fingerprint density at radius 1 is 0.895 bits per heavy atom. The number of phenols is 2. The molecule has 0 aromatic heterocycles. The second-order valence-corrected chi connectivity index (χ2v) is 8.58. The summed E-state index contributed by atoms with van der Waals surface area (Å²) >= 11 is 0. The monoisotopic (exact) mass is 528 g/mol. The number of carbonyl (C=O) groups is 2. The number of allylic oxidation sites excluding steroid dienone is 1. The van der Waals surface area contributed by atoms with Crippen molar-refractivity contribution in [2.75, 3.05) is 7.11 Å². The van der Waals surface area contributed by atoms with Gasteiger partial charge in [-0.2, -0.15) is 13.2 Å². The number of aryl methyl sites for hydroxylation is 1. The van der Waals surface area contributed by atoms with Crippen molar-refractivity contribution in [2.24, 2.45) is 0 Å². The topological polar surface area (TPSA) is 93.1 Å². The predicted molar refractivity (Wildman–Crippen MR) is 134 cm³/mol. The first-order valence-electron chi connectivity index (χ1n) is 11.7.